The molecule has 5 nitrogen and oxygen atoms in total. The van der Waals surface area contributed by atoms with Gasteiger partial charge >= 0.3 is 0 Å². The average Bonchev–Trinajstić information content (AvgIpc) is 2.47. The lowest BCUT2D eigenvalue weighted by atomic mass is 10.1. The number of aryl methyl sites for hydroxylation is 1. The van der Waals surface area contributed by atoms with Crippen LogP contribution in [0.1, 0.15) is 19.4 Å². The summed E-state index contributed by atoms with van der Waals surface area (Å²) in [6.07, 6.45) is 0. The van der Waals surface area contributed by atoms with Crippen LogP contribution in [0.15, 0.2) is 18.2 Å². The number of rotatable bonds is 9. The molecule has 5 heteroatoms. The van der Waals surface area contributed by atoms with E-state index < -0.39 is 0 Å². The number of carbonyl (C=O) groups excluding carboxylic acids is 1. The van der Waals surface area contributed by atoms with Crippen molar-refractivity contribution < 1.29 is 4.79 Å². The number of benzene rings is 1. The molecule has 0 aliphatic carbocycles. The van der Waals surface area contributed by atoms with Crippen molar-refractivity contribution in [1.82, 2.24) is 10.2 Å². The van der Waals surface area contributed by atoms with Gasteiger partial charge in [-0.15, -0.1) is 0 Å². The fraction of sp³-hybridized carbons (Fsp3) is 0.588. The molecule has 0 saturated carbocycles. The molecule has 0 aliphatic heterocycles. The Morgan fingerprint density at radius 1 is 1.18 bits per heavy atom. The average molecular weight is 306 g/mol. The van der Waals surface area contributed by atoms with Gasteiger partial charge in [-0.05, 0) is 58.6 Å². The van der Waals surface area contributed by atoms with E-state index in [2.05, 4.69) is 54.5 Å². The predicted molar refractivity (Wildman–Crippen MR) is 94.8 cm³/mol. The van der Waals surface area contributed by atoms with Gasteiger partial charge in [0.05, 0.1) is 6.54 Å². The highest BCUT2D eigenvalue weighted by molar-refractivity contribution is 5.81. The third kappa shape index (κ3) is 5.93. The van der Waals surface area contributed by atoms with E-state index >= 15 is 0 Å². The molecule has 2 N–H and O–H groups in total. The monoisotopic (exact) mass is 306 g/mol. The fourth-order valence-electron chi connectivity index (χ4n) is 2.29. The van der Waals surface area contributed by atoms with Gasteiger partial charge in [-0.1, -0.05) is 0 Å². The molecular weight excluding hydrogens is 276 g/mol. The second kappa shape index (κ2) is 9.30. The predicted octanol–water partition coefficient (Wildman–Crippen LogP) is 1.93. The highest BCUT2D eigenvalue weighted by atomic mass is 16.1. The molecule has 0 atom stereocenters. The lowest BCUT2D eigenvalue weighted by molar-refractivity contribution is -0.119. The number of carbonyl (C=O) groups is 1. The van der Waals surface area contributed by atoms with E-state index in [1.165, 1.54) is 5.69 Å². The van der Waals surface area contributed by atoms with Gasteiger partial charge in [0.15, 0.2) is 0 Å². The Labute approximate surface area is 134 Å². The number of nitrogens with one attached hydrogen (secondary N) is 2. The van der Waals surface area contributed by atoms with Gasteiger partial charge in [0.25, 0.3) is 0 Å². The molecule has 124 valence electrons. The SMILES string of the molecule is CCN(CC)c1ccc(NCC(=O)NCCN(C)C)c(C)c1. The zero-order valence-electron chi connectivity index (χ0n) is 14.6. The minimum absolute atomic E-state index is 0.0223. The molecule has 0 fully saturated rings. The highest BCUT2D eigenvalue weighted by Crippen LogP contribution is 2.22. The molecule has 1 amide bonds. The standard InChI is InChI=1S/C17H30N4O/c1-6-21(7-2)15-8-9-16(14(3)12-15)19-13-17(22)18-10-11-20(4)5/h8-9,12,19H,6-7,10-11,13H2,1-5H3,(H,18,22). The fourth-order valence-corrected chi connectivity index (χ4v) is 2.29. The molecule has 0 radical (unpaired) electrons. The number of anilines is 2. The second-order valence-electron chi connectivity index (χ2n) is 5.68. The van der Waals surface area contributed by atoms with Crippen LogP contribution in [0.5, 0.6) is 0 Å². The van der Waals surface area contributed by atoms with Crippen molar-refractivity contribution in [3.63, 3.8) is 0 Å². The van der Waals surface area contributed by atoms with Crippen molar-refractivity contribution >= 4 is 17.3 Å². The largest absolute Gasteiger partial charge is 0.376 e. The molecule has 1 rings (SSSR count). The lowest BCUT2D eigenvalue weighted by Gasteiger charge is -2.22. The lowest BCUT2D eigenvalue weighted by Crippen LogP contribution is -2.35. The Kier molecular flexibility index (Phi) is 7.74. The maximum absolute atomic E-state index is 11.8. The quantitative estimate of drug-likeness (QED) is 0.732. The van der Waals surface area contributed by atoms with Gasteiger partial charge < -0.3 is 20.4 Å². The number of likely N-dealkylation sites (N-methyl/N-ethyl adjacent to an activating group) is 1. The van der Waals surface area contributed by atoms with Gasteiger partial charge in [-0.2, -0.15) is 0 Å². The van der Waals surface area contributed by atoms with E-state index in [4.69, 9.17) is 0 Å². The summed E-state index contributed by atoms with van der Waals surface area (Å²) in [6, 6.07) is 6.32. The molecule has 0 unspecified atom stereocenters. The van der Waals surface area contributed by atoms with Gasteiger partial charge in [-0.3, -0.25) is 4.79 Å². The van der Waals surface area contributed by atoms with Crippen LogP contribution in [-0.4, -0.2) is 57.6 Å². The van der Waals surface area contributed by atoms with Crippen molar-refractivity contribution in [3.8, 4) is 0 Å². The molecule has 1 aromatic rings. The summed E-state index contributed by atoms with van der Waals surface area (Å²) >= 11 is 0. The molecule has 1 aromatic carbocycles. The van der Waals surface area contributed by atoms with Crippen LogP contribution in [0.2, 0.25) is 0 Å². The summed E-state index contributed by atoms with van der Waals surface area (Å²) in [5.41, 5.74) is 3.40. The maximum Gasteiger partial charge on any atom is 0.239 e. The summed E-state index contributed by atoms with van der Waals surface area (Å²) in [7, 11) is 3.98. The molecule has 0 aliphatic rings. The van der Waals surface area contributed by atoms with E-state index in [9.17, 15) is 4.79 Å². The first-order valence-corrected chi connectivity index (χ1v) is 7.98. The highest BCUT2D eigenvalue weighted by Gasteiger charge is 2.06. The number of amides is 1. The Morgan fingerprint density at radius 3 is 2.41 bits per heavy atom. The summed E-state index contributed by atoms with van der Waals surface area (Å²) < 4.78 is 0. The zero-order chi connectivity index (χ0) is 16.5. The van der Waals surface area contributed by atoms with E-state index in [0.717, 1.165) is 30.9 Å². The molecular formula is C17H30N4O. The molecule has 0 saturated heterocycles. The molecule has 0 aromatic heterocycles. The van der Waals surface area contributed by atoms with Gasteiger partial charge in [0.2, 0.25) is 5.91 Å². The Hall–Kier alpha value is -1.75. The smallest absolute Gasteiger partial charge is 0.239 e. The van der Waals surface area contributed by atoms with E-state index in [1.807, 2.05) is 19.0 Å². The van der Waals surface area contributed by atoms with E-state index in [1.54, 1.807) is 0 Å². The van der Waals surface area contributed by atoms with E-state index in [0.29, 0.717) is 13.1 Å². The van der Waals surface area contributed by atoms with Crippen LogP contribution < -0.4 is 15.5 Å². The minimum atomic E-state index is 0.0223. The summed E-state index contributed by atoms with van der Waals surface area (Å²) in [6.45, 7) is 10.2. The van der Waals surface area contributed by atoms with Crippen molar-refractivity contribution in [1.29, 1.82) is 0 Å². The molecule has 0 bridgehead atoms. The molecule has 0 heterocycles. The van der Waals surface area contributed by atoms with Crippen LogP contribution in [0, 0.1) is 6.92 Å². The first-order valence-electron chi connectivity index (χ1n) is 7.98. The van der Waals surface area contributed by atoms with Crippen molar-refractivity contribution in [2.24, 2.45) is 0 Å². The Morgan fingerprint density at radius 2 is 1.86 bits per heavy atom. The third-order valence-corrected chi connectivity index (χ3v) is 3.66. The van der Waals surface area contributed by atoms with Crippen LogP contribution in [-0.2, 0) is 4.79 Å². The maximum atomic E-state index is 11.8. The normalized spacial score (nSPS) is 10.6. The van der Waals surface area contributed by atoms with Crippen LogP contribution in [0.4, 0.5) is 11.4 Å². The third-order valence-electron chi connectivity index (χ3n) is 3.66. The summed E-state index contributed by atoms with van der Waals surface area (Å²) in [4.78, 5) is 16.1. The number of nitrogens with zero attached hydrogens (tertiary/aromatic N) is 2. The van der Waals surface area contributed by atoms with Crippen molar-refractivity contribution in [2.75, 3.05) is 57.0 Å². The first kappa shape index (κ1) is 18.3. The number of hydrogen-bond donors (Lipinski definition) is 2. The van der Waals surface area contributed by atoms with E-state index in [-0.39, 0.29) is 5.91 Å². The number of hydrogen-bond acceptors (Lipinski definition) is 4. The van der Waals surface area contributed by atoms with Crippen LogP contribution >= 0.6 is 0 Å². The second-order valence-corrected chi connectivity index (χ2v) is 5.68. The van der Waals surface area contributed by atoms with Crippen molar-refractivity contribution in [3.05, 3.63) is 23.8 Å². The van der Waals surface area contributed by atoms with Gasteiger partial charge in [-0.25, -0.2) is 0 Å². The Balaban J connectivity index is 2.51. The van der Waals surface area contributed by atoms with Gasteiger partial charge in [0, 0.05) is 37.6 Å². The van der Waals surface area contributed by atoms with Gasteiger partial charge in [0.1, 0.15) is 0 Å². The van der Waals surface area contributed by atoms with Crippen LogP contribution in [0.25, 0.3) is 0 Å². The minimum Gasteiger partial charge on any atom is -0.376 e. The first-order chi connectivity index (χ1) is 10.5. The van der Waals surface area contributed by atoms with Crippen molar-refractivity contribution in [2.45, 2.75) is 20.8 Å². The zero-order valence-corrected chi connectivity index (χ0v) is 14.6. The summed E-state index contributed by atoms with van der Waals surface area (Å²) in [5, 5.41) is 6.11. The molecule has 22 heavy (non-hydrogen) atoms. The molecule has 0 spiro atoms. The summed E-state index contributed by atoms with van der Waals surface area (Å²) in [5.74, 6) is 0.0223. The van der Waals surface area contributed by atoms with Crippen LogP contribution in [0.3, 0.4) is 0 Å². The topological polar surface area (TPSA) is 47.6 Å². The Bertz CT molecular complexity index is 470.